The molecule has 1 saturated carbocycles. The van der Waals surface area contributed by atoms with E-state index >= 15 is 0 Å². The molecule has 6 heteroatoms. The van der Waals surface area contributed by atoms with Gasteiger partial charge in [0, 0.05) is 38.8 Å². The lowest BCUT2D eigenvalue weighted by Crippen LogP contribution is -2.43. The molecule has 1 unspecified atom stereocenters. The van der Waals surface area contributed by atoms with Crippen LogP contribution in [-0.2, 0) is 15.9 Å². The Balaban J connectivity index is 1.37. The van der Waals surface area contributed by atoms with E-state index in [1.807, 2.05) is 12.1 Å². The van der Waals surface area contributed by atoms with Crippen molar-refractivity contribution in [2.24, 2.45) is 4.99 Å². The first-order chi connectivity index (χ1) is 12.4. The minimum absolute atomic E-state index is 0.284. The second-order valence-corrected chi connectivity index (χ2v) is 6.82. The molecule has 0 amide bonds. The summed E-state index contributed by atoms with van der Waals surface area (Å²) < 4.78 is 16.5. The van der Waals surface area contributed by atoms with Gasteiger partial charge in [-0.3, -0.25) is 4.99 Å². The van der Waals surface area contributed by atoms with Crippen LogP contribution in [-0.4, -0.2) is 51.0 Å². The van der Waals surface area contributed by atoms with Crippen LogP contribution >= 0.6 is 0 Å². The summed E-state index contributed by atoms with van der Waals surface area (Å²) >= 11 is 0. The smallest absolute Gasteiger partial charge is 0.191 e. The van der Waals surface area contributed by atoms with Crippen molar-refractivity contribution in [3.05, 3.63) is 24.2 Å². The van der Waals surface area contributed by atoms with E-state index in [1.165, 1.54) is 25.7 Å². The van der Waals surface area contributed by atoms with Gasteiger partial charge in [-0.2, -0.15) is 0 Å². The van der Waals surface area contributed by atoms with Crippen LogP contribution < -0.4 is 10.6 Å². The fraction of sp³-hybridized carbons (Fsp3) is 0.737. The van der Waals surface area contributed by atoms with Gasteiger partial charge >= 0.3 is 0 Å². The highest BCUT2D eigenvalue weighted by Crippen LogP contribution is 2.17. The normalized spacial score (nSPS) is 21.8. The maximum atomic E-state index is 5.80. The molecule has 6 nitrogen and oxygen atoms in total. The summed E-state index contributed by atoms with van der Waals surface area (Å²) in [5, 5.41) is 7.01. The molecule has 140 valence electrons. The molecule has 0 aromatic carbocycles. The van der Waals surface area contributed by atoms with E-state index in [4.69, 9.17) is 18.9 Å². The number of aliphatic imine (C=N–C) groups is 1. The maximum absolute atomic E-state index is 5.80. The number of hydrogen-bond donors (Lipinski definition) is 2. The van der Waals surface area contributed by atoms with Gasteiger partial charge in [0.05, 0.1) is 19.0 Å². The Hall–Kier alpha value is -1.53. The largest absolute Gasteiger partial charge is 0.469 e. The van der Waals surface area contributed by atoms with Crippen LogP contribution in [0.2, 0.25) is 0 Å². The van der Waals surface area contributed by atoms with Gasteiger partial charge in [0.2, 0.25) is 0 Å². The molecule has 1 aromatic heterocycles. The number of ether oxygens (including phenoxy) is 2. The van der Waals surface area contributed by atoms with Crippen molar-refractivity contribution in [1.29, 1.82) is 0 Å². The zero-order valence-electron chi connectivity index (χ0n) is 15.0. The quantitative estimate of drug-likeness (QED) is 0.407. The first kappa shape index (κ1) is 18.3. The molecule has 2 heterocycles. The molecule has 0 radical (unpaired) electrons. The summed E-state index contributed by atoms with van der Waals surface area (Å²) in [7, 11) is 0. The molecule has 1 aliphatic heterocycles. The van der Waals surface area contributed by atoms with Gasteiger partial charge in [-0.25, -0.2) is 0 Å². The highest BCUT2D eigenvalue weighted by atomic mass is 16.5. The van der Waals surface area contributed by atoms with Crippen molar-refractivity contribution in [3.8, 4) is 0 Å². The zero-order chi connectivity index (χ0) is 17.2. The van der Waals surface area contributed by atoms with Crippen LogP contribution in [0.5, 0.6) is 0 Å². The van der Waals surface area contributed by atoms with E-state index in [0.29, 0.717) is 6.04 Å². The molecule has 1 aromatic rings. The predicted octanol–water partition coefficient (Wildman–Crippen LogP) is 2.50. The number of hydrogen-bond acceptors (Lipinski definition) is 4. The van der Waals surface area contributed by atoms with Gasteiger partial charge in [-0.1, -0.05) is 12.8 Å². The monoisotopic (exact) mass is 349 g/mol. The van der Waals surface area contributed by atoms with Gasteiger partial charge in [0.15, 0.2) is 5.96 Å². The van der Waals surface area contributed by atoms with E-state index in [1.54, 1.807) is 6.26 Å². The average molecular weight is 349 g/mol. The van der Waals surface area contributed by atoms with Crippen molar-refractivity contribution < 1.29 is 13.9 Å². The Kier molecular flexibility index (Phi) is 7.64. The van der Waals surface area contributed by atoms with Crippen molar-refractivity contribution in [1.82, 2.24) is 10.6 Å². The van der Waals surface area contributed by atoms with E-state index in [-0.39, 0.29) is 6.10 Å². The van der Waals surface area contributed by atoms with Crippen molar-refractivity contribution in [2.45, 2.75) is 57.1 Å². The number of rotatable bonds is 9. The molecule has 1 atom stereocenters. The number of guanidine groups is 1. The standard InChI is InChI=1S/C19H31N3O3/c1-2-6-16(5-1)22-19(21-11-8-17-7-3-12-24-17)20-10-4-13-25-18-9-14-23-15-18/h3,7,12,16,18H,1-2,4-6,8-11,13-15H2,(H2,20,21,22). The second kappa shape index (κ2) is 10.5. The number of nitrogens with zero attached hydrogens (tertiary/aromatic N) is 1. The minimum atomic E-state index is 0.284. The molecule has 2 aliphatic rings. The Morgan fingerprint density at radius 1 is 1.28 bits per heavy atom. The molecule has 3 rings (SSSR count). The molecule has 2 fully saturated rings. The van der Waals surface area contributed by atoms with Crippen LogP contribution in [0.15, 0.2) is 27.8 Å². The van der Waals surface area contributed by atoms with Crippen LogP contribution in [0.25, 0.3) is 0 Å². The third kappa shape index (κ3) is 6.71. The molecular weight excluding hydrogens is 318 g/mol. The van der Waals surface area contributed by atoms with Gasteiger partial charge < -0.3 is 24.5 Å². The van der Waals surface area contributed by atoms with Gasteiger partial charge in [0.25, 0.3) is 0 Å². The third-order valence-electron chi connectivity index (χ3n) is 4.75. The molecule has 2 N–H and O–H groups in total. The topological polar surface area (TPSA) is 68.0 Å². The first-order valence-electron chi connectivity index (χ1n) is 9.67. The summed E-state index contributed by atoms with van der Waals surface area (Å²) in [6.07, 6.45) is 9.93. The lowest BCUT2D eigenvalue weighted by molar-refractivity contribution is 0.0424. The SMILES string of the molecule is c1coc(CCNC(=NCCCOC2CCOC2)NC2CCCC2)c1. The molecule has 1 saturated heterocycles. The van der Waals surface area contributed by atoms with Crippen LogP contribution in [0, 0.1) is 0 Å². The van der Waals surface area contributed by atoms with Gasteiger partial charge in [-0.05, 0) is 37.8 Å². The van der Waals surface area contributed by atoms with Crippen LogP contribution in [0.3, 0.4) is 0 Å². The second-order valence-electron chi connectivity index (χ2n) is 6.82. The maximum Gasteiger partial charge on any atom is 0.191 e. The van der Waals surface area contributed by atoms with Crippen molar-refractivity contribution >= 4 is 5.96 Å². The molecular formula is C19H31N3O3. The fourth-order valence-corrected chi connectivity index (χ4v) is 3.32. The lowest BCUT2D eigenvalue weighted by atomic mass is 10.2. The summed E-state index contributed by atoms with van der Waals surface area (Å²) in [4.78, 5) is 4.72. The van der Waals surface area contributed by atoms with Gasteiger partial charge in [0.1, 0.15) is 5.76 Å². The van der Waals surface area contributed by atoms with E-state index in [0.717, 1.165) is 63.9 Å². The third-order valence-corrected chi connectivity index (χ3v) is 4.75. The van der Waals surface area contributed by atoms with Crippen LogP contribution in [0.4, 0.5) is 0 Å². The van der Waals surface area contributed by atoms with E-state index in [2.05, 4.69) is 10.6 Å². The minimum Gasteiger partial charge on any atom is -0.469 e. The lowest BCUT2D eigenvalue weighted by Gasteiger charge is -2.17. The van der Waals surface area contributed by atoms with E-state index in [9.17, 15) is 0 Å². The Bertz CT molecular complexity index is 492. The number of furan rings is 1. The Labute approximate surface area is 150 Å². The van der Waals surface area contributed by atoms with Gasteiger partial charge in [-0.15, -0.1) is 0 Å². The van der Waals surface area contributed by atoms with Crippen LogP contribution in [0.1, 0.15) is 44.3 Å². The summed E-state index contributed by atoms with van der Waals surface area (Å²) in [5.41, 5.74) is 0. The van der Waals surface area contributed by atoms with Crippen molar-refractivity contribution in [3.63, 3.8) is 0 Å². The highest BCUT2D eigenvalue weighted by Gasteiger charge is 2.17. The summed E-state index contributed by atoms with van der Waals surface area (Å²) in [6, 6.07) is 4.49. The van der Waals surface area contributed by atoms with E-state index < -0.39 is 0 Å². The first-order valence-corrected chi connectivity index (χ1v) is 9.67. The summed E-state index contributed by atoms with van der Waals surface area (Å²) in [5.74, 6) is 1.92. The number of nitrogens with one attached hydrogen (secondary N) is 2. The van der Waals surface area contributed by atoms with Crippen molar-refractivity contribution in [2.75, 3.05) is 32.9 Å². The molecule has 0 bridgehead atoms. The zero-order valence-corrected chi connectivity index (χ0v) is 15.0. The fourth-order valence-electron chi connectivity index (χ4n) is 3.32. The summed E-state index contributed by atoms with van der Waals surface area (Å²) in [6.45, 7) is 3.92. The molecule has 1 aliphatic carbocycles. The Morgan fingerprint density at radius 3 is 2.96 bits per heavy atom. The molecule has 0 spiro atoms. The Morgan fingerprint density at radius 2 is 2.20 bits per heavy atom. The average Bonchev–Trinajstić information content (AvgIpc) is 3.38. The molecule has 25 heavy (non-hydrogen) atoms. The highest BCUT2D eigenvalue weighted by molar-refractivity contribution is 5.80. The predicted molar refractivity (Wildman–Crippen MR) is 97.9 cm³/mol.